The van der Waals surface area contributed by atoms with E-state index in [2.05, 4.69) is 53.8 Å². The molecule has 0 heterocycles. The molecule has 1 atom stereocenters. The Balaban J connectivity index is -0.000000448. The van der Waals surface area contributed by atoms with Crippen LogP contribution in [0, 0.1) is 6.92 Å². The van der Waals surface area contributed by atoms with Gasteiger partial charge in [-0.25, -0.2) is 5.48 Å². The summed E-state index contributed by atoms with van der Waals surface area (Å²) in [4.78, 5) is 72.3. The molecule has 0 aliphatic rings. The third-order valence-corrected chi connectivity index (χ3v) is 4.66. The van der Waals surface area contributed by atoms with Gasteiger partial charge in [0.25, 0.3) is 11.9 Å². The highest BCUT2D eigenvalue weighted by molar-refractivity contribution is 5.91. The number of amides is 5. The lowest BCUT2D eigenvalue weighted by Gasteiger charge is -2.20. The number of nitrogens with zero attached hydrogens (tertiary/aromatic N) is 2. The molecular formula is C30H56N8O8. The van der Waals surface area contributed by atoms with Crippen LogP contribution in [0.4, 0.5) is 0 Å². The van der Waals surface area contributed by atoms with Crippen LogP contribution in [0.3, 0.4) is 0 Å². The summed E-state index contributed by atoms with van der Waals surface area (Å²) >= 11 is 0. The Labute approximate surface area is 272 Å². The largest absolute Gasteiger partial charge is 0.481 e. The van der Waals surface area contributed by atoms with Crippen molar-refractivity contribution in [2.45, 2.75) is 80.2 Å². The molecule has 16 nitrogen and oxygen atoms in total. The van der Waals surface area contributed by atoms with Gasteiger partial charge in [-0.1, -0.05) is 76.9 Å². The second kappa shape index (κ2) is 33.2. The minimum Gasteiger partial charge on any atom is -0.481 e. The van der Waals surface area contributed by atoms with Gasteiger partial charge in [-0.3, -0.25) is 39.0 Å². The number of carbonyl (C=O) groups excluding carboxylic acids is 5. The first kappa shape index (κ1) is 48.2. The first-order chi connectivity index (χ1) is 21.6. The summed E-state index contributed by atoms with van der Waals surface area (Å²) in [6, 6.07) is 9.21. The highest BCUT2D eigenvalue weighted by Crippen LogP contribution is 1.99. The Morgan fingerprint density at radius 2 is 1.41 bits per heavy atom. The molecule has 1 aromatic carbocycles. The predicted molar refractivity (Wildman–Crippen MR) is 178 cm³/mol. The second-order valence-corrected chi connectivity index (χ2v) is 9.08. The number of rotatable bonds is 13. The van der Waals surface area contributed by atoms with E-state index in [4.69, 9.17) is 26.6 Å². The van der Waals surface area contributed by atoms with E-state index in [-0.39, 0.29) is 50.9 Å². The van der Waals surface area contributed by atoms with Crippen molar-refractivity contribution < 1.29 is 39.1 Å². The van der Waals surface area contributed by atoms with E-state index in [1.807, 2.05) is 32.0 Å². The smallest absolute Gasteiger partial charge is 0.300 e. The number of carboxylic acids is 1. The highest BCUT2D eigenvalue weighted by atomic mass is 16.5. The van der Waals surface area contributed by atoms with E-state index in [0.717, 1.165) is 11.8 Å². The summed E-state index contributed by atoms with van der Waals surface area (Å²) < 4.78 is 0. The molecule has 0 radical (unpaired) electrons. The molecule has 10 N–H and O–H groups in total. The normalized spacial score (nSPS) is 9.50. The van der Waals surface area contributed by atoms with Crippen molar-refractivity contribution in [3.05, 3.63) is 35.9 Å². The number of carbonyl (C=O) groups is 6. The Bertz CT molecular complexity index is 1020. The molecule has 1 unspecified atom stereocenters. The Morgan fingerprint density at radius 1 is 0.913 bits per heavy atom. The number of nitrogens with two attached hydrogens (primary N) is 2. The standard InChI is InChI=1S/C16H30N8O6.C7H8.C3H8.C2H4O2.C2H6/c1-3-11(25)20-7-12(26)21-8-14(28)24(2)9-13(27)22-10(15(29)23-30)5-4-6-19-16(17)18;1-7-5-3-2-4-6-7;1-3-2;1-2(3)4;1-2/h10,30H,3-9H2,1-2H3,(H,20,25)(H,21,26)(H,22,27)(H,23,29)(H4,17,18,19);2-6H,1H3;3H2,1-2H3;1H3,(H,3,4);1-2H3. The Morgan fingerprint density at radius 3 is 1.83 bits per heavy atom. The second-order valence-electron chi connectivity index (χ2n) is 9.08. The summed E-state index contributed by atoms with van der Waals surface area (Å²) in [7, 11) is 1.34. The molecule has 264 valence electrons. The number of aliphatic imine (C=N–C) groups is 1. The molecule has 1 aromatic rings. The molecule has 0 fully saturated rings. The molecule has 1 rings (SSSR count). The van der Waals surface area contributed by atoms with E-state index in [0.29, 0.717) is 6.42 Å². The highest BCUT2D eigenvalue weighted by Gasteiger charge is 2.22. The van der Waals surface area contributed by atoms with Gasteiger partial charge in [0, 0.05) is 26.9 Å². The summed E-state index contributed by atoms with van der Waals surface area (Å²) in [5, 5.41) is 23.3. The predicted octanol–water partition coefficient (Wildman–Crippen LogP) is 0.659. The van der Waals surface area contributed by atoms with E-state index < -0.39 is 35.6 Å². The van der Waals surface area contributed by atoms with Crippen LogP contribution in [0.1, 0.15) is 72.8 Å². The molecule has 16 heteroatoms. The fourth-order valence-electron chi connectivity index (χ4n) is 2.60. The van der Waals surface area contributed by atoms with Gasteiger partial charge in [0.15, 0.2) is 5.96 Å². The molecule has 46 heavy (non-hydrogen) atoms. The van der Waals surface area contributed by atoms with Crippen molar-refractivity contribution in [3.8, 4) is 0 Å². The van der Waals surface area contributed by atoms with Crippen LogP contribution in [-0.4, -0.2) is 95.9 Å². The number of benzene rings is 1. The number of aryl methyl sites for hydroxylation is 1. The van der Waals surface area contributed by atoms with Crippen molar-refractivity contribution in [2.75, 3.05) is 33.2 Å². The van der Waals surface area contributed by atoms with E-state index >= 15 is 0 Å². The van der Waals surface area contributed by atoms with Crippen LogP contribution < -0.4 is 32.9 Å². The first-order valence-electron chi connectivity index (χ1n) is 14.9. The van der Waals surface area contributed by atoms with Gasteiger partial charge in [-0.15, -0.1) is 0 Å². The van der Waals surface area contributed by atoms with Gasteiger partial charge >= 0.3 is 0 Å². The molecule has 0 spiro atoms. The molecule has 0 bridgehead atoms. The minimum absolute atomic E-state index is 0.109. The zero-order valence-electron chi connectivity index (χ0n) is 28.5. The van der Waals surface area contributed by atoms with Gasteiger partial charge in [0.2, 0.25) is 23.6 Å². The van der Waals surface area contributed by atoms with Crippen LogP contribution in [0.5, 0.6) is 0 Å². The number of likely N-dealkylation sites (N-methyl/N-ethyl adjacent to an activating group) is 1. The average molecular weight is 657 g/mol. The fourth-order valence-corrected chi connectivity index (χ4v) is 2.60. The van der Waals surface area contributed by atoms with Crippen LogP contribution in [0.25, 0.3) is 0 Å². The fraction of sp³-hybridized carbons (Fsp3) is 0.567. The number of hydrogen-bond acceptors (Lipinski definition) is 8. The monoisotopic (exact) mass is 656 g/mol. The van der Waals surface area contributed by atoms with E-state index in [1.165, 1.54) is 24.5 Å². The number of hydrogen-bond donors (Lipinski definition) is 8. The minimum atomic E-state index is -1.05. The number of guanidine groups is 1. The molecule has 0 saturated carbocycles. The van der Waals surface area contributed by atoms with Crippen molar-refractivity contribution in [1.82, 2.24) is 26.3 Å². The lowest BCUT2D eigenvalue weighted by molar-refractivity contribution is -0.137. The van der Waals surface area contributed by atoms with E-state index in [9.17, 15) is 24.0 Å². The third kappa shape index (κ3) is 35.5. The number of aliphatic carboxylic acids is 1. The summed E-state index contributed by atoms with van der Waals surface area (Å²) in [5.41, 5.74) is 13.2. The van der Waals surface area contributed by atoms with Gasteiger partial charge < -0.3 is 37.4 Å². The quantitative estimate of drug-likeness (QED) is 0.0483. The van der Waals surface area contributed by atoms with Crippen molar-refractivity contribution in [2.24, 2.45) is 16.5 Å². The number of nitrogens with one attached hydrogen (secondary N) is 4. The maximum Gasteiger partial charge on any atom is 0.300 e. The summed E-state index contributed by atoms with van der Waals surface area (Å²) in [5.74, 6) is -3.84. The average Bonchev–Trinajstić information content (AvgIpc) is 3.01. The number of hydroxylamine groups is 1. The number of carboxylic acid groups (broad SMARTS) is 1. The molecule has 0 saturated heterocycles. The summed E-state index contributed by atoms with van der Waals surface area (Å²) in [6.45, 7) is 12.3. The molecule has 0 aliphatic heterocycles. The first-order valence-corrected chi connectivity index (χ1v) is 14.9. The van der Waals surface area contributed by atoms with Gasteiger partial charge in [-0.05, 0) is 19.8 Å². The van der Waals surface area contributed by atoms with Gasteiger partial charge in [-0.2, -0.15) is 0 Å². The van der Waals surface area contributed by atoms with Gasteiger partial charge in [0.1, 0.15) is 6.04 Å². The maximum atomic E-state index is 12.1. The van der Waals surface area contributed by atoms with Crippen LogP contribution >= 0.6 is 0 Å². The Hall–Kier alpha value is -4.73. The maximum absolute atomic E-state index is 12.1. The molecular weight excluding hydrogens is 600 g/mol. The SMILES string of the molecule is CC.CC(=O)O.CCC.CCC(=O)NCC(=O)NCC(=O)N(C)CC(=O)NC(CCCN=C(N)N)C(=O)NO.Cc1ccccc1. The lowest BCUT2D eigenvalue weighted by atomic mass is 10.1. The molecule has 5 amide bonds. The van der Waals surface area contributed by atoms with Crippen molar-refractivity contribution in [3.63, 3.8) is 0 Å². The van der Waals surface area contributed by atoms with E-state index in [1.54, 1.807) is 6.92 Å². The van der Waals surface area contributed by atoms with Crippen molar-refractivity contribution in [1.29, 1.82) is 0 Å². The molecule has 0 aromatic heterocycles. The van der Waals surface area contributed by atoms with Crippen LogP contribution in [0.2, 0.25) is 0 Å². The lowest BCUT2D eigenvalue weighted by Crippen LogP contribution is -2.50. The zero-order chi connectivity index (χ0) is 36.5. The Kier molecular flexibility index (Phi) is 34.7. The molecule has 0 aliphatic carbocycles. The summed E-state index contributed by atoms with van der Waals surface area (Å²) in [6.07, 6.45) is 1.98. The van der Waals surface area contributed by atoms with Crippen molar-refractivity contribution >= 4 is 41.5 Å². The van der Waals surface area contributed by atoms with Crippen LogP contribution in [0.15, 0.2) is 35.3 Å². The third-order valence-electron chi connectivity index (χ3n) is 4.66. The van der Waals surface area contributed by atoms with Crippen LogP contribution in [-0.2, 0) is 28.8 Å². The topological polar surface area (TPSA) is 259 Å². The van der Waals surface area contributed by atoms with Gasteiger partial charge in [0.05, 0.1) is 19.6 Å². The zero-order valence-corrected chi connectivity index (χ0v) is 28.5.